The second-order valence-corrected chi connectivity index (χ2v) is 8.18. The Morgan fingerprint density at radius 3 is 2.76 bits per heavy atom. The first-order valence-corrected chi connectivity index (χ1v) is 10.3. The van der Waals surface area contributed by atoms with Gasteiger partial charge in [0.05, 0.1) is 31.1 Å². The van der Waals surface area contributed by atoms with E-state index in [0.717, 1.165) is 32.5 Å². The minimum Gasteiger partial charge on any atom is -0.353 e. The molecule has 3 N–H and O–H groups in total. The van der Waals surface area contributed by atoms with Crippen LogP contribution in [0, 0.1) is 0 Å². The summed E-state index contributed by atoms with van der Waals surface area (Å²) in [6.45, 7) is 5.78. The Hall–Kier alpha value is -1.93. The number of nitrogens with one attached hydrogen (secondary N) is 3. The number of sulfonamides is 1. The van der Waals surface area contributed by atoms with E-state index in [-0.39, 0.29) is 29.8 Å². The first-order chi connectivity index (χ1) is 12.0. The number of nitrogens with zero attached hydrogens (tertiary/aromatic N) is 1. The average molecular weight is 365 g/mol. The molecule has 25 heavy (non-hydrogen) atoms. The Bertz CT molecular complexity index is 768. The number of piperidine rings is 1. The summed E-state index contributed by atoms with van der Waals surface area (Å²) >= 11 is 0. The molecule has 0 aliphatic carbocycles. The summed E-state index contributed by atoms with van der Waals surface area (Å²) in [6, 6.07) is 6.97. The van der Waals surface area contributed by atoms with Crippen LogP contribution >= 0.6 is 0 Å². The second kappa shape index (κ2) is 7.53. The highest BCUT2D eigenvalue weighted by Crippen LogP contribution is 2.22. The maximum atomic E-state index is 12.1. The van der Waals surface area contributed by atoms with Crippen LogP contribution in [0.2, 0.25) is 0 Å². The first-order valence-electron chi connectivity index (χ1n) is 8.79. The normalized spacial score (nSPS) is 26.0. The van der Waals surface area contributed by atoms with Gasteiger partial charge >= 0.3 is 0 Å². The van der Waals surface area contributed by atoms with Crippen LogP contribution in [0.4, 0.5) is 0 Å². The number of hydrogen-bond donors (Lipinski definition) is 3. The number of amidine groups is 1. The second-order valence-electron chi connectivity index (χ2n) is 6.53. The Balaban J connectivity index is 1.51. The van der Waals surface area contributed by atoms with Crippen LogP contribution in [0.3, 0.4) is 0 Å². The molecule has 1 saturated heterocycles. The molecular formula is C17H25N4O3S+. The summed E-state index contributed by atoms with van der Waals surface area (Å²) in [5.74, 6) is 0.298. The third kappa shape index (κ3) is 4.19. The summed E-state index contributed by atoms with van der Waals surface area (Å²) in [5.41, 5.74) is 0.567. The predicted molar refractivity (Wildman–Crippen MR) is 95.2 cm³/mol. The Morgan fingerprint density at radius 1 is 1.32 bits per heavy atom. The quantitative estimate of drug-likeness (QED) is 0.644. The van der Waals surface area contributed by atoms with E-state index in [2.05, 4.69) is 22.0 Å². The van der Waals surface area contributed by atoms with Crippen molar-refractivity contribution in [2.24, 2.45) is 4.99 Å². The molecule has 7 nitrogen and oxygen atoms in total. The van der Waals surface area contributed by atoms with Gasteiger partial charge in [-0.2, -0.15) is 0 Å². The molecule has 1 aromatic carbocycles. The Labute approximate surface area is 148 Å². The summed E-state index contributed by atoms with van der Waals surface area (Å²) < 4.78 is 26.5. The lowest BCUT2D eigenvalue weighted by Crippen LogP contribution is -3.13. The van der Waals surface area contributed by atoms with E-state index in [0.29, 0.717) is 11.4 Å². The topological polar surface area (TPSA) is 92.1 Å². The van der Waals surface area contributed by atoms with Crippen LogP contribution in [0.25, 0.3) is 0 Å². The van der Waals surface area contributed by atoms with Crippen molar-refractivity contribution >= 4 is 21.8 Å². The number of quaternary nitrogens is 1. The highest BCUT2D eigenvalue weighted by Gasteiger charge is 2.30. The largest absolute Gasteiger partial charge is 0.353 e. The highest BCUT2D eigenvalue weighted by molar-refractivity contribution is 7.90. The Morgan fingerprint density at radius 2 is 2.04 bits per heavy atom. The van der Waals surface area contributed by atoms with Crippen molar-refractivity contribution in [2.75, 3.05) is 26.2 Å². The number of carbonyl (C=O) groups excluding carboxylic acids is 1. The lowest BCUT2D eigenvalue weighted by atomic mass is 10.1. The number of carbonyl (C=O) groups is 1. The average Bonchev–Trinajstić information content (AvgIpc) is 2.87. The minimum absolute atomic E-state index is 0.0246. The molecule has 8 heteroatoms. The van der Waals surface area contributed by atoms with Gasteiger partial charge in [-0.3, -0.25) is 14.5 Å². The molecule has 0 aromatic heterocycles. The van der Waals surface area contributed by atoms with E-state index in [1.807, 2.05) is 0 Å². The van der Waals surface area contributed by atoms with Gasteiger partial charge in [0.2, 0.25) is 5.91 Å². The number of amides is 1. The third-order valence-corrected chi connectivity index (χ3v) is 6.23. The van der Waals surface area contributed by atoms with E-state index in [1.54, 1.807) is 29.2 Å². The van der Waals surface area contributed by atoms with E-state index in [1.165, 1.54) is 0 Å². The van der Waals surface area contributed by atoms with Crippen molar-refractivity contribution in [1.82, 2.24) is 10.0 Å². The van der Waals surface area contributed by atoms with Crippen LogP contribution in [0.5, 0.6) is 0 Å². The number of benzene rings is 1. The lowest BCUT2D eigenvalue weighted by Gasteiger charge is -2.28. The van der Waals surface area contributed by atoms with Gasteiger partial charge < -0.3 is 10.2 Å². The molecule has 3 rings (SSSR count). The molecule has 2 aliphatic heterocycles. The molecule has 136 valence electrons. The molecule has 1 fully saturated rings. The maximum absolute atomic E-state index is 12.1. The molecule has 2 heterocycles. The zero-order valence-electron chi connectivity index (χ0n) is 14.4. The molecule has 0 saturated carbocycles. The van der Waals surface area contributed by atoms with Gasteiger partial charge in [0.1, 0.15) is 5.84 Å². The molecule has 0 bridgehead atoms. The molecule has 2 aliphatic rings. The van der Waals surface area contributed by atoms with Gasteiger partial charge in [-0.05, 0) is 19.1 Å². The van der Waals surface area contributed by atoms with Crippen molar-refractivity contribution in [3.8, 4) is 0 Å². The van der Waals surface area contributed by atoms with Crippen molar-refractivity contribution < 1.29 is 18.1 Å². The van der Waals surface area contributed by atoms with Crippen molar-refractivity contribution in [3.05, 3.63) is 29.8 Å². The van der Waals surface area contributed by atoms with Gasteiger partial charge in [-0.25, -0.2) is 8.42 Å². The van der Waals surface area contributed by atoms with Gasteiger partial charge in [0, 0.05) is 30.9 Å². The first kappa shape index (κ1) is 17.9. The minimum atomic E-state index is -3.52. The monoisotopic (exact) mass is 365 g/mol. The standard InChI is InChI=1S/C17H24N4O3S/c1-2-21-11-8-13(9-12-21)19-16(22)7-10-18-17-14-5-3-4-6-15(14)25(23,24)20-17/h3-6,13H,2,7-12H2,1H3,(H,18,20)(H,19,22)/p+1. The van der Waals surface area contributed by atoms with Gasteiger partial charge in [-0.1, -0.05) is 12.1 Å². The van der Waals surface area contributed by atoms with E-state index in [9.17, 15) is 13.2 Å². The van der Waals surface area contributed by atoms with Gasteiger partial charge in [-0.15, -0.1) is 0 Å². The van der Waals surface area contributed by atoms with Crippen molar-refractivity contribution in [3.63, 3.8) is 0 Å². The fourth-order valence-corrected chi connectivity index (χ4v) is 4.60. The molecule has 0 unspecified atom stereocenters. The fraction of sp³-hybridized carbons (Fsp3) is 0.529. The van der Waals surface area contributed by atoms with Crippen LogP contribution < -0.4 is 14.9 Å². The molecule has 0 radical (unpaired) electrons. The van der Waals surface area contributed by atoms with Crippen LogP contribution in [-0.4, -0.2) is 52.4 Å². The van der Waals surface area contributed by atoms with E-state index >= 15 is 0 Å². The SMILES string of the molecule is CC[NH+]1CCC(NC(=O)CCN=C2NS(=O)(=O)c3ccccc32)CC1. The van der Waals surface area contributed by atoms with Gasteiger partial charge in [0.15, 0.2) is 0 Å². The van der Waals surface area contributed by atoms with Crippen LogP contribution in [0.15, 0.2) is 34.2 Å². The number of aliphatic imine (C=N–C) groups is 1. The highest BCUT2D eigenvalue weighted by atomic mass is 32.2. The number of fused-ring (bicyclic) bond motifs is 1. The zero-order chi connectivity index (χ0) is 17.9. The molecule has 0 atom stereocenters. The summed E-state index contributed by atoms with van der Waals surface area (Å²) in [7, 11) is -3.52. The number of likely N-dealkylation sites (tertiary alicyclic amines) is 1. The number of rotatable bonds is 5. The van der Waals surface area contributed by atoms with Crippen molar-refractivity contribution in [1.29, 1.82) is 0 Å². The predicted octanol–water partition coefficient (Wildman–Crippen LogP) is -0.701. The lowest BCUT2D eigenvalue weighted by molar-refractivity contribution is -0.903. The fourth-order valence-electron chi connectivity index (χ4n) is 3.34. The third-order valence-electron chi connectivity index (χ3n) is 4.83. The molecule has 1 aromatic rings. The van der Waals surface area contributed by atoms with E-state index < -0.39 is 10.0 Å². The maximum Gasteiger partial charge on any atom is 0.263 e. The number of hydrogen-bond acceptors (Lipinski definition) is 4. The summed E-state index contributed by atoms with van der Waals surface area (Å²) in [5, 5.41) is 3.06. The van der Waals surface area contributed by atoms with Crippen LogP contribution in [0.1, 0.15) is 31.7 Å². The van der Waals surface area contributed by atoms with E-state index in [4.69, 9.17) is 0 Å². The zero-order valence-corrected chi connectivity index (χ0v) is 15.2. The summed E-state index contributed by atoms with van der Waals surface area (Å²) in [4.78, 5) is 18.2. The van der Waals surface area contributed by atoms with Gasteiger partial charge in [0.25, 0.3) is 10.0 Å². The van der Waals surface area contributed by atoms with Crippen molar-refractivity contribution in [2.45, 2.75) is 37.1 Å². The smallest absolute Gasteiger partial charge is 0.263 e. The molecule has 1 amide bonds. The summed E-state index contributed by atoms with van der Waals surface area (Å²) in [6.07, 6.45) is 2.28. The van der Waals surface area contributed by atoms with Crippen LogP contribution in [-0.2, 0) is 14.8 Å². The molecule has 0 spiro atoms. The molecular weight excluding hydrogens is 340 g/mol. The Kier molecular flexibility index (Phi) is 5.39.